The Bertz CT molecular complexity index is 1070. The fraction of sp³-hybridized carbons (Fsp3) is 0.333. The van der Waals surface area contributed by atoms with Crippen molar-refractivity contribution in [3.8, 4) is 0 Å². The van der Waals surface area contributed by atoms with E-state index in [-0.39, 0.29) is 12.0 Å². The first kappa shape index (κ1) is 20.3. The molecule has 1 aromatic heterocycles. The number of aromatic amines is 1. The molecule has 1 fully saturated rings. The van der Waals surface area contributed by atoms with Gasteiger partial charge < -0.3 is 19.5 Å². The van der Waals surface area contributed by atoms with Crippen LogP contribution in [0.4, 0.5) is 0 Å². The number of H-pyrrole nitrogens is 1. The van der Waals surface area contributed by atoms with E-state index in [2.05, 4.69) is 29.2 Å². The smallest absolute Gasteiger partial charge is 0.355 e. The fourth-order valence-corrected chi connectivity index (χ4v) is 4.27. The molecule has 6 heteroatoms. The molecular weight excluding hydrogens is 378 g/mol. The second-order valence-corrected chi connectivity index (χ2v) is 7.91. The van der Waals surface area contributed by atoms with E-state index in [4.69, 9.17) is 4.74 Å². The van der Waals surface area contributed by atoms with Crippen molar-refractivity contribution in [3.05, 3.63) is 81.6 Å². The number of piperazine rings is 1. The lowest BCUT2D eigenvalue weighted by molar-refractivity contribution is -1.02. The number of esters is 1. The maximum atomic E-state index is 13.2. The molecule has 0 spiro atoms. The number of quaternary nitrogens is 2. The van der Waals surface area contributed by atoms with Crippen LogP contribution in [0.1, 0.15) is 28.5 Å². The van der Waals surface area contributed by atoms with Crippen molar-refractivity contribution in [1.82, 2.24) is 4.98 Å². The van der Waals surface area contributed by atoms with Gasteiger partial charge in [0.1, 0.15) is 45.0 Å². The molecule has 1 aliphatic rings. The molecule has 1 saturated heterocycles. The Hall–Kier alpha value is -2.96. The molecule has 0 atom stereocenters. The second-order valence-electron chi connectivity index (χ2n) is 7.91. The molecule has 3 aromatic rings. The Morgan fingerprint density at radius 2 is 1.57 bits per heavy atom. The zero-order chi connectivity index (χ0) is 20.9. The number of benzene rings is 2. The summed E-state index contributed by atoms with van der Waals surface area (Å²) in [6, 6.07) is 17.9. The number of carbonyl (C=O) groups excluding carboxylic acids is 1. The lowest BCUT2D eigenvalue weighted by Gasteiger charge is -2.30. The van der Waals surface area contributed by atoms with Gasteiger partial charge in [-0.3, -0.25) is 4.79 Å². The van der Waals surface area contributed by atoms with E-state index >= 15 is 0 Å². The molecule has 0 radical (unpaired) electrons. The highest BCUT2D eigenvalue weighted by Crippen LogP contribution is 2.12. The summed E-state index contributed by atoms with van der Waals surface area (Å²) in [5.41, 5.74) is 2.78. The number of para-hydroxylation sites is 1. The number of rotatable bonds is 6. The molecule has 3 N–H and O–H groups in total. The standard InChI is InChI=1S/C24H27N3O3/c1-2-30-24(29)22-20(23(28)19-10-6-7-11-21(19)25-22)17-27-14-12-26(13-15-27)16-18-8-4-3-5-9-18/h3-11H,2,12-17H2,1H3,(H,25,28)/p+2. The summed E-state index contributed by atoms with van der Waals surface area (Å²) < 4.78 is 5.22. The largest absolute Gasteiger partial charge is 0.461 e. The van der Waals surface area contributed by atoms with Gasteiger partial charge >= 0.3 is 5.97 Å². The lowest BCUT2D eigenvalue weighted by Crippen LogP contribution is -3.27. The minimum Gasteiger partial charge on any atom is -0.461 e. The van der Waals surface area contributed by atoms with Crippen LogP contribution >= 0.6 is 0 Å². The van der Waals surface area contributed by atoms with Crippen molar-refractivity contribution in [2.45, 2.75) is 20.0 Å². The quantitative estimate of drug-likeness (QED) is 0.511. The zero-order valence-corrected chi connectivity index (χ0v) is 17.4. The average molecular weight is 408 g/mol. The van der Waals surface area contributed by atoms with E-state index in [1.165, 1.54) is 10.5 Å². The molecule has 0 saturated carbocycles. The molecule has 0 amide bonds. The predicted octanol–water partition coefficient (Wildman–Crippen LogP) is 0.188. The van der Waals surface area contributed by atoms with Crippen molar-refractivity contribution >= 4 is 16.9 Å². The number of pyridine rings is 1. The van der Waals surface area contributed by atoms with E-state index in [1.807, 2.05) is 30.3 Å². The molecule has 0 aliphatic carbocycles. The minimum atomic E-state index is -0.455. The minimum absolute atomic E-state index is 0.0704. The van der Waals surface area contributed by atoms with Gasteiger partial charge in [0.2, 0.25) is 0 Å². The van der Waals surface area contributed by atoms with Crippen molar-refractivity contribution < 1.29 is 19.3 Å². The Morgan fingerprint density at radius 3 is 2.27 bits per heavy atom. The third-order valence-electron chi connectivity index (χ3n) is 5.87. The third-order valence-corrected chi connectivity index (χ3v) is 5.87. The van der Waals surface area contributed by atoms with Gasteiger partial charge in [0.15, 0.2) is 5.43 Å². The van der Waals surface area contributed by atoms with Crippen LogP contribution in [0.15, 0.2) is 59.4 Å². The van der Waals surface area contributed by atoms with E-state index in [0.29, 0.717) is 28.7 Å². The van der Waals surface area contributed by atoms with E-state index in [1.54, 1.807) is 11.8 Å². The fourth-order valence-electron chi connectivity index (χ4n) is 4.27. The maximum Gasteiger partial charge on any atom is 0.355 e. The highest BCUT2D eigenvalue weighted by Gasteiger charge is 2.27. The van der Waals surface area contributed by atoms with Crippen LogP contribution in [0.5, 0.6) is 0 Å². The summed E-state index contributed by atoms with van der Waals surface area (Å²) in [6.07, 6.45) is 0. The Morgan fingerprint density at radius 1 is 0.933 bits per heavy atom. The van der Waals surface area contributed by atoms with Crippen LogP contribution in [0.3, 0.4) is 0 Å². The average Bonchev–Trinajstić information content (AvgIpc) is 2.78. The number of nitrogens with one attached hydrogen (secondary N) is 3. The summed E-state index contributed by atoms with van der Waals surface area (Å²) in [6.45, 7) is 7.65. The summed E-state index contributed by atoms with van der Waals surface area (Å²) >= 11 is 0. The number of hydrogen-bond donors (Lipinski definition) is 3. The van der Waals surface area contributed by atoms with Gasteiger partial charge in [-0.15, -0.1) is 0 Å². The van der Waals surface area contributed by atoms with Crippen molar-refractivity contribution in [3.63, 3.8) is 0 Å². The maximum absolute atomic E-state index is 13.2. The summed E-state index contributed by atoms with van der Waals surface area (Å²) in [5.74, 6) is -0.455. The van der Waals surface area contributed by atoms with E-state index in [9.17, 15) is 9.59 Å². The highest BCUT2D eigenvalue weighted by molar-refractivity contribution is 5.92. The Balaban J connectivity index is 1.52. The Labute approximate surface area is 176 Å². The topological polar surface area (TPSA) is 68.0 Å². The lowest BCUT2D eigenvalue weighted by atomic mass is 10.1. The number of hydrogen-bond acceptors (Lipinski definition) is 3. The summed E-state index contributed by atoms with van der Waals surface area (Å²) in [5, 5.41) is 0.619. The summed E-state index contributed by atoms with van der Waals surface area (Å²) in [4.78, 5) is 31.8. The van der Waals surface area contributed by atoms with E-state index < -0.39 is 5.97 Å². The van der Waals surface area contributed by atoms with Gasteiger partial charge in [-0.25, -0.2) is 4.79 Å². The number of ether oxygens (including phenoxy) is 1. The highest BCUT2D eigenvalue weighted by atomic mass is 16.5. The predicted molar refractivity (Wildman–Crippen MR) is 116 cm³/mol. The first-order valence-electron chi connectivity index (χ1n) is 10.7. The zero-order valence-electron chi connectivity index (χ0n) is 17.4. The molecule has 1 aliphatic heterocycles. The molecule has 0 unspecified atom stereocenters. The van der Waals surface area contributed by atoms with Crippen LogP contribution in [0.2, 0.25) is 0 Å². The van der Waals surface area contributed by atoms with Crippen LogP contribution < -0.4 is 15.2 Å². The third kappa shape index (κ3) is 4.45. The molecule has 2 heterocycles. The second kappa shape index (κ2) is 9.24. The molecule has 4 rings (SSSR count). The number of aromatic nitrogens is 1. The monoisotopic (exact) mass is 407 g/mol. The van der Waals surface area contributed by atoms with Crippen molar-refractivity contribution in [1.29, 1.82) is 0 Å². The molecule has 6 nitrogen and oxygen atoms in total. The van der Waals surface area contributed by atoms with Crippen molar-refractivity contribution in [2.24, 2.45) is 0 Å². The van der Waals surface area contributed by atoms with Crippen molar-refractivity contribution in [2.75, 3.05) is 32.8 Å². The SMILES string of the molecule is CCOC(=O)c1[nH]c2ccccc2c(=O)c1C[NH+]1CC[NH+](Cc2ccccc2)CC1. The molecule has 156 valence electrons. The summed E-state index contributed by atoms with van der Waals surface area (Å²) in [7, 11) is 0. The van der Waals surface area contributed by atoms with Gasteiger partial charge in [0.25, 0.3) is 0 Å². The molecule has 0 bridgehead atoms. The Kier molecular flexibility index (Phi) is 6.26. The normalized spacial score (nSPS) is 19.0. The van der Waals surface area contributed by atoms with Crippen LogP contribution in [-0.4, -0.2) is 43.7 Å². The molecule has 30 heavy (non-hydrogen) atoms. The van der Waals surface area contributed by atoms with Gasteiger partial charge in [-0.2, -0.15) is 0 Å². The van der Waals surface area contributed by atoms with Crippen LogP contribution in [0, 0.1) is 0 Å². The number of carbonyl (C=O) groups is 1. The van der Waals surface area contributed by atoms with Gasteiger partial charge in [0.05, 0.1) is 12.2 Å². The number of fused-ring (bicyclic) bond motifs is 1. The first-order chi connectivity index (χ1) is 14.7. The van der Waals surface area contributed by atoms with E-state index in [0.717, 1.165) is 32.7 Å². The van der Waals surface area contributed by atoms with Gasteiger partial charge in [-0.05, 0) is 19.1 Å². The van der Waals surface area contributed by atoms with Gasteiger partial charge in [-0.1, -0.05) is 42.5 Å². The first-order valence-corrected chi connectivity index (χ1v) is 10.7. The van der Waals surface area contributed by atoms with Gasteiger partial charge in [0, 0.05) is 16.5 Å². The molecule has 2 aromatic carbocycles. The van der Waals surface area contributed by atoms with Crippen LogP contribution in [-0.2, 0) is 17.8 Å². The molecular formula is C24H29N3O3+2. The van der Waals surface area contributed by atoms with Crippen LogP contribution in [0.25, 0.3) is 10.9 Å².